The van der Waals surface area contributed by atoms with Crippen molar-refractivity contribution in [3.05, 3.63) is 54.4 Å². The molecule has 4 rings (SSSR count). The summed E-state index contributed by atoms with van der Waals surface area (Å²) in [6.45, 7) is 6.47. The Labute approximate surface area is 201 Å². The van der Waals surface area contributed by atoms with Crippen molar-refractivity contribution in [1.29, 1.82) is 0 Å². The molecule has 1 amide bonds. The molecule has 1 fully saturated rings. The van der Waals surface area contributed by atoms with Crippen LogP contribution in [0.2, 0.25) is 0 Å². The first-order valence-electron chi connectivity index (χ1n) is 11.0. The summed E-state index contributed by atoms with van der Waals surface area (Å²) in [6, 6.07) is 7.40. The highest BCUT2D eigenvalue weighted by Crippen LogP contribution is 2.33. The molecular formula is C24H26F2N6O3. The fraction of sp³-hybridized carbons (Fsp3) is 0.333. The third-order valence-electron chi connectivity index (χ3n) is 5.16. The van der Waals surface area contributed by atoms with Crippen LogP contribution < -0.4 is 15.8 Å². The van der Waals surface area contributed by atoms with E-state index in [9.17, 15) is 13.6 Å². The third-order valence-corrected chi connectivity index (χ3v) is 5.16. The lowest BCUT2D eigenvalue weighted by molar-refractivity contribution is 0.0293. The van der Waals surface area contributed by atoms with Crippen LogP contribution in [0, 0.1) is 11.6 Å². The quantitative estimate of drug-likeness (QED) is 0.505. The van der Waals surface area contributed by atoms with Gasteiger partial charge in [-0.25, -0.2) is 24.1 Å². The fourth-order valence-corrected chi connectivity index (χ4v) is 3.53. The zero-order valence-corrected chi connectivity index (χ0v) is 19.6. The molecule has 0 spiro atoms. The third kappa shape index (κ3) is 5.73. The second-order valence-electron chi connectivity index (χ2n) is 9.06. The molecule has 1 unspecified atom stereocenters. The van der Waals surface area contributed by atoms with Gasteiger partial charge >= 0.3 is 6.09 Å². The van der Waals surface area contributed by atoms with Crippen molar-refractivity contribution >= 4 is 17.7 Å². The van der Waals surface area contributed by atoms with Crippen LogP contribution in [0.25, 0.3) is 11.3 Å². The number of benzene rings is 1. The number of hydrogen-bond donors (Lipinski definition) is 2. The van der Waals surface area contributed by atoms with Crippen molar-refractivity contribution in [2.45, 2.75) is 38.8 Å². The Morgan fingerprint density at radius 3 is 2.71 bits per heavy atom. The molecule has 9 nitrogen and oxygen atoms in total. The number of anilines is 2. The minimum Gasteiger partial charge on any atom is -0.444 e. The van der Waals surface area contributed by atoms with E-state index in [0.29, 0.717) is 36.7 Å². The van der Waals surface area contributed by atoms with Crippen molar-refractivity contribution in [3.8, 4) is 22.9 Å². The largest absolute Gasteiger partial charge is 0.444 e. The second kappa shape index (κ2) is 9.69. The maximum absolute atomic E-state index is 14.3. The van der Waals surface area contributed by atoms with Crippen LogP contribution in [0.3, 0.4) is 0 Å². The van der Waals surface area contributed by atoms with Gasteiger partial charge in [0, 0.05) is 31.5 Å². The molecule has 11 heteroatoms. The first-order chi connectivity index (χ1) is 16.6. The summed E-state index contributed by atoms with van der Waals surface area (Å²) in [5, 5.41) is 3.23. The molecule has 1 atom stereocenters. The Balaban J connectivity index is 1.50. The van der Waals surface area contributed by atoms with E-state index < -0.39 is 17.2 Å². The molecule has 184 valence electrons. The number of hydrogen-bond acceptors (Lipinski definition) is 8. The number of amides is 1. The number of likely N-dealkylation sites (tertiary alicyclic amines) is 1. The summed E-state index contributed by atoms with van der Waals surface area (Å²) in [4.78, 5) is 26.9. The number of ether oxygens (including phenoxy) is 2. The van der Waals surface area contributed by atoms with E-state index >= 15 is 0 Å². The van der Waals surface area contributed by atoms with Gasteiger partial charge in [-0.15, -0.1) is 0 Å². The Morgan fingerprint density at radius 1 is 1.14 bits per heavy atom. The standard InChI is InChI=1S/C24H26F2N6O3/c1-24(2,3)35-23(33)32-12-9-14(13-32)30-22-29-11-8-17(31-22)15-5-4-10-28-21(15)34-18-7-6-16(27)19(25)20(18)26/h4-8,10-11,14H,9,12-13,27H2,1-3H3,(H,29,30,31). The second-order valence-corrected chi connectivity index (χ2v) is 9.06. The van der Waals surface area contributed by atoms with Gasteiger partial charge in [0.15, 0.2) is 11.6 Å². The predicted octanol–water partition coefficient (Wildman–Crippen LogP) is 4.61. The van der Waals surface area contributed by atoms with Gasteiger partial charge in [-0.2, -0.15) is 4.39 Å². The predicted molar refractivity (Wildman–Crippen MR) is 126 cm³/mol. The molecule has 0 bridgehead atoms. The van der Waals surface area contributed by atoms with Crippen LogP contribution in [0.15, 0.2) is 42.7 Å². The van der Waals surface area contributed by atoms with Gasteiger partial charge in [-0.1, -0.05) is 0 Å². The highest BCUT2D eigenvalue weighted by molar-refractivity contribution is 5.69. The summed E-state index contributed by atoms with van der Waals surface area (Å²) in [6.07, 6.45) is 3.37. The molecule has 1 saturated heterocycles. The number of carbonyl (C=O) groups is 1. The molecule has 3 N–H and O–H groups in total. The van der Waals surface area contributed by atoms with Crippen molar-refractivity contribution in [2.24, 2.45) is 0 Å². The number of halogens is 2. The van der Waals surface area contributed by atoms with Crippen LogP contribution in [0.4, 0.5) is 25.2 Å². The molecule has 35 heavy (non-hydrogen) atoms. The molecule has 2 aromatic heterocycles. The lowest BCUT2D eigenvalue weighted by atomic mass is 10.2. The molecule has 0 saturated carbocycles. The molecule has 0 radical (unpaired) electrons. The van der Waals surface area contributed by atoms with Crippen molar-refractivity contribution in [1.82, 2.24) is 19.9 Å². The molecule has 0 aliphatic carbocycles. The van der Waals surface area contributed by atoms with E-state index in [1.54, 1.807) is 29.3 Å². The number of aromatic nitrogens is 3. The van der Waals surface area contributed by atoms with Crippen LogP contribution in [0.5, 0.6) is 11.6 Å². The Hall–Kier alpha value is -4.02. The van der Waals surface area contributed by atoms with Crippen molar-refractivity contribution in [2.75, 3.05) is 24.1 Å². The van der Waals surface area contributed by atoms with E-state index in [1.807, 2.05) is 20.8 Å². The monoisotopic (exact) mass is 484 g/mol. The zero-order chi connectivity index (χ0) is 25.2. The van der Waals surface area contributed by atoms with Crippen LogP contribution >= 0.6 is 0 Å². The number of rotatable bonds is 5. The fourth-order valence-electron chi connectivity index (χ4n) is 3.53. The lowest BCUT2D eigenvalue weighted by Crippen LogP contribution is -2.36. The van der Waals surface area contributed by atoms with E-state index in [4.69, 9.17) is 15.2 Å². The molecular weight excluding hydrogens is 458 g/mol. The van der Waals surface area contributed by atoms with Crippen molar-refractivity contribution < 1.29 is 23.0 Å². The minimum atomic E-state index is -1.21. The topological polar surface area (TPSA) is 115 Å². The van der Waals surface area contributed by atoms with E-state index in [1.165, 1.54) is 18.3 Å². The molecule has 1 aliphatic rings. The molecule has 1 aliphatic heterocycles. The smallest absolute Gasteiger partial charge is 0.410 e. The van der Waals surface area contributed by atoms with Gasteiger partial charge in [0.25, 0.3) is 0 Å². The number of nitrogens with one attached hydrogen (secondary N) is 1. The number of pyridine rings is 1. The van der Waals surface area contributed by atoms with Gasteiger partial charge in [0.2, 0.25) is 17.6 Å². The van der Waals surface area contributed by atoms with E-state index in [-0.39, 0.29) is 29.5 Å². The van der Waals surface area contributed by atoms with Crippen LogP contribution in [-0.4, -0.2) is 50.7 Å². The van der Waals surface area contributed by atoms with Crippen molar-refractivity contribution in [3.63, 3.8) is 0 Å². The van der Waals surface area contributed by atoms with E-state index in [2.05, 4.69) is 20.3 Å². The average Bonchev–Trinajstić information content (AvgIpc) is 3.28. The zero-order valence-electron chi connectivity index (χ0n) is 19.6. The number of nitrogens with two attached hydrogens (primary N) is 1. The first kappa shape index (κ1) is 24.1. The number of nitrogen functional groups attached to an aromatic ring is 1. The minimum absolute atomic E-state index is 0.0391. The summed E-state index contributed by atoms with van der Waals surface area (Å²) < 4.78 is 39.1. The molecule has 3 aromatic rings. The van der Waals surface area contributed by atoms with Crippen LogP contribution in [0.1, 0.15) is 27.2 Å². The molecule has 1 aromatic carbocycles. The highest BCUT2D eigenvalue weighted by atomic mass is 19.2. The Bertz CT molecular complexity index is 1230. The summed E-state index contributed by atoms with van der Waals surface area (Å²) in [7, 11) is 0. The van der Waals surface area contributed by atoms with Crippen LogP contribution in [-0.2, 0) is 4.74 Å². The normalized spacial score (nSPS) is 15.7. The maximum atomic E-state index is 14.3. The maximum Gasteiger partial charge on any atom is 0.410 e. The van der Waals surface area contributed by atoms with Gasteiger partial charge in [-0.3, -0.25) is 0 Å². The SMILES string of the molecule is CC(C)(C)OC(=O)N1CCC(Nc2nccc(-c3cccnc3Oc3ccc(N)c(F)c3F)n2)C1. The highest BCUT2D eigenvalue weighted by Gasteiger charge is 2.30. The lowest BCUT2D eigenvalue weighted by Gasteiger charge is -2.24. The van der Waals surface area contributed by atoms with Gasteiger partial charge in [0.05, 0.1) is 16.9 Å². The van der Waals surface area contributed by atoms with E-state index in [0.717, 1.165) is 0 Å². The number of nitrogens with zero attached hydrogens (tertiary/aromatic N) is 4. The molecule has 3 heterocycles. The summed E-state index contributed by atoms with van der Waals surface area (Å²) >= 11 is 0. The number of carbonyl (C=O) groups excluding carboxylic acids is 1. The van der Waals surface area contributed by atoms with Gasteiger partial charge in [-0.05, 0) is 57.5 Å². The first-order valence-corrected chi connectivity index (χ1v) is 11.0. The summed E-state index contributed by atoms with van der Waals surface area (Å²) in [5.74, 6) is -2.36. The Morgan fingerprint density at radius 2 is 1.94 bits per heavy atom. The Kier molecular flexibility index (Phi) is 6.68. The summed E-state index contributed by atoms with van der Waals surface area (Å²) in [5.41, 5.74) is 5.43. The van der Waals surface area contributed by atoms with Gasteiger partial charge in [0.1, 0.15) is 5.60 Å². The van der Waals surface area contributed by atoms with Gasteiger partial charge < -0.3 is 25.4 Å². The average molecular weight is 485 g/mol.